The molecule has 4 rings (SSSR count). The Morgan fingerprint density at radius 3 is 2.89 bits per heavy atom. The first-order chi connectivity index (χ1) is 13.5. The molecule has 0 spiro atoms. The second-order valence-electron chi connectivity index (χ2n) is 6.35. The quantitative estimate of drug-likeness (QED) is 0.396. The van der Waals surface area contributed by atoms with Crippen molar-refractivity contribution < 1.29 is 9.72 Å². The van der Waals surface area contributed by atoms with Crippen molar-refractivity contribution in [3.8, 4) is 11.3 Å². The molecule has 1 amide bonds. The topological polar surface area (TPSA) is 90.1 Å². The minimum atomic E-state index is -0.443. The average Bonchev–Trinajstić information content (AvgIpc) is 3.27. The molecule has 0 saturated heterocycles. The number of anilines is 1. The molecule has 28 heavy (non-hydrogen) atoms. The number of hydrogen-bond acceptors (Lipinski definition) is 5. The van der Waals surface area contributed by atoms with Crippen LogP contribution < -0.4 is 5.32 Å². The second kappa shape index (κ2) is 7.24. The van der Waals surface area contributed by atoms with Crippen LogP contribution in [0.25, 0.3) is 22.2 Å². The fourth-order valence-corrected chi connectivity index (χ4v) is 3.85. The van der Waals surface area contributed by atoms with Crippen LogP contribution >= 0.6 is 11.3 Å². The van der Waals surface area contributed by atoms with E-state index in [1.165, 1.54) is 23.5 Å². The molecule has 140 valence electrons. The number of nitrogens with zero attached hydrogens (tertiary/aromatic N) is 3. The third-order valence-corrected chi connectivity index (χ3v) is 5.16. The van der Waals surface area contributed by atoms with Gasteiger partial charge in [-0.05, 0) is 18.6 Å². The van der Waals surface area contributed by atoms with Crippen molar-refractivity contribution >= 4 is 39.0 Å². The van der Waals surface area contributed by atoms with E-state index in [0.717, 1.165) is 16.5 Å². The van der Waals surface area contributed by atoms with E-state index in [2.05, 4.69) is 10.3 Å². The normalized spacial score (nSPS) is 10.9. The molecular formula is C20H16N4O3S. The number of nitrogens with one attached hydrogen (secondary N) is 1. The van der Waals surface area contributed by atoms with Gasteiger partial charge in [0.1, 0.15) is 6.54 Å². The van der Waals surface area contributed by atoms with E-state index in [-0.39, 0.29) is 18.1 Å². The second-order valence-corrected chi connectivity index (χ2v) is 7.21. The Bertz CT molecular complexity index is 1200. The van der Waals surface area contributed by atoms with Crippen LogP contribution in [-0.4, -0.2) is 20.4 Å². The third-order valence-electron chi connectivity index (χ3n) is 4.41. The molecule has 2 aromatic heterocycles. The molecule has 0 aliphatic rings. The first-order valence-corrected chi connectivity index (χ1v) is 9.44. The number of carbonyl (C=O) groups is 1. The Balaban J connectivity index is 1.50. The van der Waals surface area contributed by atoms with Gasteiger partial charge in [-0.2, -0.15) is 0 Å². The van der Waals surface area contributed by atoms with E-state index in [1.807, 2.05) is 42.0 Å². The van der Waals surface area contributed by atoms with Gasteiger partial charge < -0.3 is 9.88 Å². The first-order valence-electron chi connectivity index (χ1n) is 8.56. The van der Waals surface area contributed by atoms with Crippen LogP contribution in [-0.2, 0) is 11.3 Å². The average molecular weight is 392 g/mol. The highest BCUT2D eigenvalue weighted by molar-refractivity contribution is 7.14. The molecule has 2 heterocycles. The number of nitro benzene ring substituents is 1. The molecule has 0 unspecified atom stereocenters. The Morgan fingerprint density at radius 2 is 2.07 bits per heavy atom. The summed E-state index contributed by atoms with van der Waals surface area (Å²) in [4.78, 5) is 27.3. The van der Waals surface area contributed by atoms with Crippen molar-refractivity contribution in [3.05, 3.63) is 75.8 Å². The van der Waals surface area contributed by atoms with Crippen molar-refractivity contribution in [3.63, 3.8) is 0 Å². The largest absolute Gasteiger partial charge is 0.338 e. The van der Waals surface area contributed by atoms with Gasteiger partial charge in [0.05, 0.1) is 10.6 Å². The van der Waals surface area contributed by atoms with Crippen LogP contribution in [0.5, 0.6) is 0 Å². The number of hydrogen-bond donors (Lipinski definition) is 1. The van der Waals surface area contributed by atoms with E-state index in [0.29, 0.717) is 16.4 Å². The number of non-ortho nitro benzene ring substituents is 1. The van der Waals surface area contributed by atoms with Gasteiger partial charge in [0.2, 0.25) is 5.91 Å². The Morgan fingerprint density at radius 1 is 1.25 bits per heavy atom. The lowest BCUT2D eigenvalue weighted by Gasteiger charge is -2.05. The third kappa shape index (κ3) is 3.49. The molecule has 2 aromatic carbocycles. The molecule has 0 saturated carbocycles. The zero-order chi connectivity index (χ0) is 19.7. The molecule has 1 N–H and O–H groups in total. The maximum Gasteiger partial charge on any atom is 0.270 e. The maximum absolute atomic E-state index is 12.5. The first kappa shape index (κ1) is 17.9. The number of thiazole rings is 1. The van der Waals surface area contributed by atoms with Gasteiger partial charge >= 0.3 is 0 Å². The zero-order valence-corrected chi connectivity index (χ0v) is 15.8. The summed E-state index contributed by atoms with van der Waals surface area (Å²) < 4.78 is 1.91. The molecule has 0 fully saturated rings. The Kier molecular flexibility index (Phi) is 4.62. The van der Waals surface area contributed by atoms with Gasteiger partial charge in [-0.15, -0.1) is 11.3 Å². The standard InChI is InChI=1S/C20H16N4O3S/c1-13-10-23(18-8-3-2-7-16(13)18)11-19(25)22-20-21-17(12-28-20)14-5-4-6-15(9-14)24(26)27/h2-10,12H,11H2,1H3,(H,21,22,25). The minimum absolute atomic E-state index is 0.00550. The summed E-state index contributed by atoms with van der Waals surface area (Å²) >= 11 is 1.28. The lowest BCUT2D eigenvalue weighted by atomic mass is 10.1. The number of rotatable bonds is 5. The van der Waals surface area contributed by atoms with Crippen molar-refractivity contribution in [2.24, 2.45) is 0 Å². The van der Waals surface area contributed by atoms with E-state index >= 15 is 0 Å². The van der Waals surface area contributed by atoms with E-state index in [1.54, 1.807) is 17.5 Å². The van der Waals surface area contributed by atoms with E-state index < -0.39 is 4.92 Å². The summed E-state index contributed by atoms with van der Waals surface area (Å²) in [6, 6.07) is 14.2. The SMILES string of the molecule is Cc1cn(CC(=O)Nc2nc(-c3cccc([N+](=O)[O-])c3)cs2)c2ccccc12. The number of para-hydroxylation sites is 1. The highest BCUT2D eigenvalue weighted by Gasteiger charge is 2.13. The van der Waals surface area contributed by atoms with Gasteiger partial charge in [-0.1, -0.05) is 30.3 Å². The van der Waals surface area contributed by atoms with Crippen molar-refractivity contribution in [1.29, 1.82) is 0 Å². The lowest BCUT2D eigenvalue weighted by molar-refractivity contribution is -0.384. The van der Waals surface area contributed by atoms with Crippen LogP contribution in [0.1, 0.15) is 5.56 Å². The smallest absolute Gasteiger partial charge is 0.270 e. The molecule has 8 heteroatoms. The number of aromatic nitrogens is 2. The van der Waals surface area contributed by atoms with E-state index in [9.17, 15) is 14.9 Å². The van der Waals surface area contributed by atoms with Crippen molar-refractivity contribution in [1.82, 2.24) is 9.55 Å². The predicted octanol–water partition coefficient (Wildman–Crippen LogP) is 4.62. The van der Waals surface area contributed by atoms with E-state index in [4.69, 9.17) is 0 Å². The van der Waals surface area contributed by atoms with Crippen LogP contribution in [0.15, 0.2) is 60.1 Å². The number of benzene rings is 2. The molecular weight excluding hydrogens is 376 g/mol. The summed E-state index contributed by atoms with van der Waals surface area (Å²) in [6.45, 7) is 2.20. The predicted molar refractivity (Wildman–Crippen MR) is 110 cm³/mol. The van der Waals surface area contributed by atoms with Crippen LogP contribution in [0.2, 0.25) is 0 Å². The van der Waals surface area contributed by atoms with Crippen LogP contribution in [0.4, 0.5) is 10.8 Å². The van der Waals surface area contributed by atoms with Crippen LogP contribution in [0, 0.1) is 17.0 Å². The lowest BCUT2D eigenvalue weighted by Crippen LogP contribution is -2.18. The number of aryl methyl sites for hydroxylation is 1. The highest BCUT2D eigenvalue weighted by atomic mass is 32.1. The van der Waals surface area contributed by atoms with Gasteiger partial charge in [0, 0.05) is 40.2 Å². The fraction of sp³-hybridized carbons (Fsp3) is 0.100. The maximum atomic E-state index is 12.5. The van der Waals surface area contributed by atoms with Gasteiger partial charge in [0.25, 0.3) is 5.69 Å². The Labute approximate surface area is 164 Å². The van der Waals surface area contributed by atoms with Crippen molar-refractivity contribution in [2.75, 3.05) is 5.32 Å². The summed E-state index contributed by atoms with van der Waals surface area (Å²) in [5, 5.41) is 17.1. The molecule has 7 nitrogen and oxygen atoms in total. The molecule has 0 atom stereocenters. The number of amides is 1. The van der Waals surface area contributed by atoms with Gasteiger partial charge in [0.15, 0.2) is 5.13 Å². The molecule has 0 aliphatic carbocycles. The summed E-state index contributed by atoms with van der Waals surface area (Å²) in [5.41, 5.74) is 3.35. The summed E-state index contributed by atoms with van der Waals surface area (Å²) in [7, 11) is 0. The number of nitro groups is 1. The minimum Gasteiger partial charge on any atom is -0.338 e. The monoisotopic (exact) mass is 392 g/mol. The molecule has 4 aromatic rings. The highest BCUT2D eigenvalue weighted by Crippen LogP contribution is 2.27. The van der Waals surface area contributed by atoms with Crippen molar-refractivity contribution in [2.45, 2.75) is 13.5 Å². The summed E-state index contributed by atoms with van der Waals surface area (Å²) in [5.74, 6) is -0.180. The fourth-order valence-electron chi connectivity index (χ4n) is 3.12. The van der Waals surface area contributed by atoms with Gasteiger partial charge in [-0.25, -0.2) is 4.98 Å². The van der Waals surface area contributed by atoms with Gasteiger partial charge in [-0.3, -0.25) is 14.9 Å². The summed E-state index contributed by atoms with van der Waals surface area (Å²) in [6.07, 6.45) is 1.96. The number of carbonyl (C=O) groups excluding carboxylic acids is 1. The zero-order valence-electron chi connectivity index (χ0n) is 15.0. The van der Waals surface area contributed by atoms with Crippen LogP contribution in [0.3, 0.4) is 0 Å². The number of fused-ring (bicyclic) bond motifs is 1. The molecule has 0 radical (unpaired) electrons. The molecule has 0 aliphatic heterocycles. The Hall–Kier alpha value is -3.52. The molecule has 0 bridgehead atoms.